The normalized spacial score (nSPS) is 13.7. The molecule has 2 atom stereocenters. The molecule has 0 aliphatic rings. The molecule has 0 spiro atoms. The molecule has 6 nitrogen and oxygen atoms in total. The van der Waals surface area contributed by atoms with E-state index in [1.807, 2.05) is 20.8 Å². The number of carbonyl (C=O) groups is 1. The average Bonchev–Trinajstić information content (AvgIpc) is 3.16. The molecule has 23 heavy (non-hydrogen) atoms. The maximum atomic E-state index is 12.2. The van der Waals surface area contributed by atoms with Crippen molar-refractivity contribution in [2.75, 3.05) is 0 Å². The Morgan fingerprint density at radius 3 is 2.78 bits per heavy atom. The summed E-state index contributed by atoms with van der Waals surface area (Å²) in [5.74, 6) is 1.17. The molecule has 2 aromatic heterocycles. The number of aryl methyl sites for hydroxylation is 2. The number of nitrogens with zero attached hydrogens (tertiary/aromatic N) is 1. The Labute approximate surface area is 135 Å². The molecule has 0 aromatic carbocycles. The third-order valence-electron chi connectivity index (χ3n) is 3.80. The monoisotopic (exact) mass is 320 g/mol. The molecular formula is C17H24N2O4. The van der Waals surface area contributed by atoms with E-state index in [9.17, 15) is 9.90 Å². The lowest BCUT2D eigenvalue weighted by Gasteiger charge is -2.16. The van der Waals surface area contributed by atoms with Crippen molar-refractivity contribution in [3.63, 3.8) is 0 Å². The molecule has 0 bridgehead atoms. The Morgan fingerprint density at radius 1 is 1.39 bits per heavy atom. The number of amides is 1. The van der Waals surface area contributed by atoms with Crippen molar-refractivity contribution in [2.24, 2.45) is 0 Å². The van der Waals surface area contributed by atoms with Gasteiger partial charge in [-0.3, -0.25) is 4.79 Å². The van der Waals surface area contributed by atoms with E-state index in [1.165, 1.54) is 6.26 Å². The second-order valence-corrected chi connectivity index (χ2v) is 5.65. The summed E-state index contributed by atoms with van der Waals surface area (Å²) in [5, 5.41) is 17.0. The predicted molar refractivity (Wildman–Crippen MR) is 84.9 cm³/mol. The summed E-state index contributed by atoms with van der Waals surface area (Å²) in [6, 6.07) is 3.28. The molecule has 0 fully saturated rings. The third kappa shape index (κ3) is 4.45. The van der Waals surface area contributed by atoms with Crippen molar-refractivity contribution in [3.8, 4) is 0 Å². The molecule has 6 heteroatoms. The van der Waals surface area contributed by atoms with Crippen LogP contribution in [0.3, 0.4) is 0 Å². The van der Waals surface area contributed by atoms with Gasteiger partial charge in [0, 0.05) is 24.4 Å². The summed E-state index contributed by atoms with van der Waals surface area (Å²) in [7, 11) is 0. The fraction of sp³-hybridized carbons (Fsp3) is 0.529. The summed E-state index contributed by atoms with van der Waals surface area (Å²) in [4.78, 5) is 12.2. The van der Waals surface area contributed by atoms with Gasteiger partial charge in [0.05, 0.1) is 18.4 Å². The number of hydrogen-bond acceptors (Lipinski definition) is 5. The van der Waals surface area contributed by atoms with Crippen LogP contribution in [0.5, 0.6) is 0 Å². The first-order valence-corrected chi connectivity index (χ1v) is 8.02. The van der Waals surface area contributed by atoms with Crippen LogP contribution in [-0.4, -0.2) is 22.2 Å². The topological polar surface area (TPSA) is 88.5 Å². The van der Waals surface area contributed by atoms with Gasteiger partial charge < -0.3 is 19.4 Å². The van der Waals surface area contributed by atoms with Gasteiger partial charge in [-0.2, -0.15) is 0 Å². The molecule has 2 unspecified atom stereocenters. The van der Waals surface area contributed by atoms with E-state index in [0.717, 1.165) is 23.4 Å². The zero-order valence-electron chi connectivity index (χ0n) is 13.8. The molecule has 0 saturated carbocycles. The standard InChI is InChI=1S/C17H24N2O4/c1-4-13-12(15(5-2)23-19-13)10-17(21)18-11(3)9-14(20)16-7-6-8-22-16/h6-8,11,14,20H,4-5,9-10H2,1-3H3,(H,18,21). The van der Waals surface area contributed by atoms with Crippen molar-refractivity contribution in [1.29, 1.82) is 0 Å². The highest BCUT2D eigenvalue weighted by Crippen LogP contribution is 2.19. The molecule has 0 saturated heterocycles. The van der Waals surface area contributed by atoms with Crippen molar-refractivity contribution in [2.45, 2.75) is 58.6 Å². The van der Waals surface area contributed by atoms with Crippen LogP contribution in [0.1, 0.15) is 56.1 Å². The van der Waals surface area contributed by atoms with Crippen LogP contribution in [0.4, 0.5) is 0 Å². The number of carbonyl (C=O) groups excluding carboxylic acids is 1. The molecule has 2 rings (SSSR count). The molecule has 0 aliphatic heterocycles. The van der Waals surface area contributed by atoms with E-state index in [0.29, 0.717) is 18.6 Å². The van der Waals surface area contributed by atoms with Crippen molar-refractivity contribution < 1.29 is 18.8 Å². The van der Waals surface area contributed by atoms with Crippen LogP contribution in [0.15, 0.2) is 27.3 Å². The van der Waals surface area contributed by atoms with E-state index >= 15 is 0 Å². The largest absolute Gasteiger partial charge is 0.467 e. The zero-order valence-corrected chi connectivity index (χ0v) is 13.8. The molecular weight excluding hydrogens is 296 g/mol. The minimum Gasteiger partial charge on any atom is -0.467 e. The van der Waals surface area contributed by atoms with Crippen LogP contribution in [0.25, 0.3) is 0 Å². The highest BCUT2D eigenvalue weighted by molar-refractivity contribution is 5.79. The van der Waals surface area contributed by atoms with E-state index < -0.39 is 6.10 Å². The second kappa shape index (κ2) is 7.97. The number of aliphatic hydroxyl groups is 1. The maximum Gasteiger partial charge on any atom is 0.224 e. The fourth-order valence-corrected chi connectivity index (χ4v) is 2.62. The van der Waals surface area contributed by atoms with E-state index in [-0.39, 0.29) is 18.4 Å². The minimum atomic E-state index is -0.728. The summed E-state index contributed by atoms with van der Waals surface area (Å²) in [6.45, 7) is 5.82. The predicted octanol–water partition coefficient (Wildman–Crippen LogP) is 2.56. The van der Waals surface area contributed by atoms with Gasteiger partial charge in [0.1, 0.15) is 17.6 Å². The molecule has 0 radical (unpaired) electrons. The van der Waals surface area contributed by atoms with Crippen molar-refractivity contribution in [3.05, 3.63) is 41.2 Å². The lowest BCUT2D eigenvalue weighted by Crippen LogP contribution is -2.35. The van der Waals surface area contributed by atoms with Gasteiger partial charge in [0.15, 0.2) is 0 Å². The highest BCUT2D eigenvalue weighted by Gasteiger charge is 2.20. The molecule has 2 heterocycles. The second-order valence-electron chi connectivity index (χ2n) is 5.65. The summed E-state index contributed by atoms with van der Waals surface area (Å²) >= 11 is 0. The lowest BCUT2D eigenvalue weighted by molar-refractivity contribution is -0.121. The molecule has 1 amide bonds. The maximum absolute atomic E-state index is 12.2. The zero-order chi connectivity index (χ0) is 16.8. The Hall–Kier alpha value is -2.08. The third-order valence-corrected chi connectivity index (χ3v) is 3.80. The van der Waals surface area contributed by atoms with Gasteiger partial charge in [0.2, 0.25) is 5.91 Å². The van der Waals surface area contributed by atoms with E-state index in [2.05, 4.69) is 10.5 Å². The van der Waals surface area contributed by atoms with Gasteiger partial charge in [-0.1, -0.05) is 19.0 Å². The average molecular weight is 320 g/mol. The van der Waals surface area contributed by atoms with Gasteiger partial charge in [-0.25, -0.2) is 0 Å². The Morgan fingerprint density at radius 2 is 2.17 bits per heavy atom. The van der Waals surface area contributed by atoms with Gasteiger partial charge >= 0.3 is 0 Å². The lowest BCUT2D eigenvalue weighted by atomic mass is 10.0. The summed E-state index contributed by atoms with van der Waals surface area (Å²) in [5.41, 5.74) is 1.71. The Kier molecular flexibility index (Phi) is 5.98. The first-order chi connectivity index (χ1) is 11.0. The SMILES string of the molecule is CCc1noc(CC)c1CC(=O)NC(C)CC(O)c1ccco1. The quantitative estimate of drug-likeness (QED) is 0.780. The number of aromatic nitrogens is 1. The first kappa shape index (κ1) is 17.3. The number of aliphatic hydroxyl groups excluding tert-OH is 1. The highest BCUT2D eigenvalue weighted by atomic mass is 16.5. The Balaban J connectivity index is 1.90. The number of rotatable bonds is 8. The fourth-order valence-electron chi connectivity index (χ4n) is 2.62. The van der Waals surface area contributed by atoms with Crippen LogP contribution in [-0.2, 0) is 24.1 Å². The first-order valence-electron chi connectivity index (χ1n) is 8.02. The molecule has 2 aromatic rings. The number of hydrogen-bond donors (Lipinski definition) is 2. The summed E-state index contributed by atoms with van der Waals surface area (Å²) in [6.07, 6.45) is 2.88. The molecule has 0 aliphatic carbocycles. The van der Waals surface area contributed by atoms with Crippen LogP contribution in [0.2, 0.25) is 0 Å². The van der Waals surface area contributed by atoms with Gasteiger partial charge in [-0.05, 0) is 25.5 Å². The summed E-state index contributed by atoms with van der Waals surface area (Å²) < 4.78 is 10.4. The van der Waals surface area contributed by atoms with E-state index in [4.69, 9.17) is 8.94 Å². The van der Waals surface area contributed by atoms with Crippen LogP contribution >= 0.6 is 0 Å². The van der Waals surface area contributed by atoms with Crippen molar-refractivity contribution in [1.82, 2.24) is 10.5 Å². The smallest absolute Gasteiger partial charge is 0.224 e. The molecule has 126 valence electrons. The number of furan rings is 1. The minimum absolute atomic E-state index is 0.100. The molecule has 2 N–H and O–H groups in total. The number of nitrogens with one attached hydrogen (secondary N) is 1. The van der Waals surface area contributed by atoms with E-state index in [1.54, 1.807) is 12.1 Å². The van der Waals surface area contributed by atoms with Gasteiger partial charge in [-0.15, -0.1) is 0 Å². The van der Waals surface area contributed by atoms with Crippen molar-refractivity contribution >= 4 is 5.91 Å². The van der Waals surface area contributed by atoms with Crippen LogP contribution in [0, 0.1) is 0 Å². The Bertz CT molecular complexity index is 597. The van der Waals surface area contributed by atoms with Gasteiger partial charge in [0.25, 0.3) is 0 Å². The van der Waals surface area contributed by atoms with Crippen LogP contribution < -0.4 is 5.32 Å².